The average molecular weight is 302 g/mol. The van der Waals surface area contributed by atoms with Crippen LogP contribution in [0.3, 0.4) is 0 Å². The van der Waals surface area contributed by atoms with Crippen LogP contribution in [0.4, 0.5) is 0 Å². The van der Waals surface area contributed by atoms with E-state index in [1.54, 1.807) is 5.57 Å². The Morgan fingerprint density at radius 3 is 2.68 bits per heavy atom. The maximum atomic E-state index is 11.9. The predicted molar refractivity (Wildman–Crippen MR) is 89.5 cm³/mol. The number of hydrogen-bond acceptors (Lipinski definition) is 1. The molecule has 0 radical (unpaired) electrons. The van der Waals surface area contributed by atoms with Crippen molar-refractivity contribution in [1.29, 1.82) is 0 Å². The molecule has 0 aliphatic heterocycles. The van der Waals surface area contributed by atoms with Gasteiger partial charge in [0.15, 0.2) is 0 Å². The van der Waals surface area contributed by atoms with Gasteiger partial charge in [0.2, 0.25) is 0 Å². The van der Waals surface area contributed by atoms with Crippen molar-refractivity contribution < 1.29 is 9.90 Å². The Morgan fingerprint density at radius 2 is 2.05 bits per heavy atom. The Bertz CT molecular complexity index is 534. The van der Waals surface area contributed by atoms with Crippen LogP contribution in [0.5, 0.6) is 0 Å². The molecule has 2 saturated carbocycles. The third-order valence-corrected chi connectivity index (χ3v) is 7.32. The highest BCUT2D eigenvalue weighted by molar-refractivity contribution is 5.75. The SMILES string of the molecule is C=C[C@@]1(C)CC=C2[C@@H](CCC3[C@](C)(C(=O)O)CCC[C@@]23C)C1. The highest BCUT2D eigenvalue weighted by Gasteiger charge is 2.57. The quantitative estimate of drug-likeness (QED) is 0.711. The van der Waals surface area contributed by atoms with E-state index < -0.39 is 11.4 Å². The lowest BCUT2D eigenvalue weighted by Crippen LogP contribution is -2.52. The molecule has 3 rings (SSSR count). The molecular weight excluding hydrogens is 272 g/mol. The molecule has 1 unspecified atom stereocenters. The van der Waals surface area contributed by atoms with Gasteiger partial charge in [-0.3, -0.25) is 4.79 Å². The highest BCUT2D eigenvalue weighted by atomic mass is 16.4. The van der Waals surface area contributed by atoms with Crippen molar-refractivity contribution >= 4 is 5.97 Å². The maximum absolute atomic E-state index is 11.9. The minimum Gasteiger partial charge on any atom is -0.481 e. The standard InChI is InChI=1S/C20H30O2/c1-5-18(2)12-9-15-14(13-18)7-8-16-19(15,3)10-6-11-20(16,4)17(21)22/h5,9,14,16H,1,6-8,10-13H2,2-4H3,(H,21,22)/t14-,16?,18-,19-,20+/m0/s1. The normalized spacial score (nSPS) is 47.9. The first kappa shape index (κ1) is 15.8. The van der Waals surface area contributed by atoms with Gasteiger partial charge < -0.3 is 5.11 Å². The maximum Gasteiger partial charge on any atom is 0.309 e. The number of fused-ring (bicyclic) bond motifs is 3. The van der Waals surface area contributed by atoms with E-state index in [0.717, 1.165) is 38.5 Å². The van der Waals surface area contributed by atoms with Crippen molar-refractivity contribution in [3.05, 3.63) is 24.3 Å². The van der Waals surface area contributed by atoms with Gasteiger partial charge in [-0.15, -0.1) is 6.58 Å². The van der Waals surface area contributed by atoms with Crippen LogP contribution in [-0.4, -0.2) is 11.1 Å². The van der Waals surface area contributed by atoms with Crippen LogP contribution in [0.15, 0.2) is 24.3 Å². The van der Waals surface area contributed by atoms with Gasteiger partial charge in [-0.1, -0.05) is 38.0 Å². The first-order valence-electron chi connectivity index (χ1n) is 8.83. The number of carboxylic acid groups (broad SMARTS) is 1. The summed E-state index contributed by atoms with van der Waals surface area (Å²) >= 11 is 0. The van der Waals surface area contributed by atoms with Crippen LogP contribution in [0.2, 0.25) is 0 Å². The second-order valence-electron chi connectivity index (χ2n) is 8.75. The third kappa shape index (κ3) is 2.10. The molecule has 0 aromatic heterocycles. The van der Waals surface area contributed by atoms with Crippen molar-refractivity contribution in [2.75, 3.05) is 0 Å². The third-order valence-electron chi connectivity index (χ3n) is 7.32. The molecule has 3 aliphatic rings. The summed E-state index contributed by atoms with van der Waals surface area (Å²) in [6.45, 7) is 10.7. The Labute approximate surface area is 134 Å². The Kier molecular flexibility index (Phi) is 3.58. The van der Waals surface area contributed by atoms with E-state index in [4.69, 9.17) is 0 Å². The van der Waals surface area contributed by atoms with Crippen molar-refractivity contribution in [3.8, 4) is 0 Å². The lowest BCUT2D eigenvalue weighted by atomic mass is 9.46. The van der Waals surface area contributed by atoms with Crippen molar-refractivity contribution in [1.82, 2.24) is 0 Å². The molecule has 3 aliphatic carbocycles. The van der Waals surface area contributed by atoms with E-state index in [1.807, 2.05) is 6.92 Å². The van der Waals surface area contributed by atoms with Gasteiger partial charge in [0.05, 0.1) is 5.41 Å². The minimum absolute atomic E-state index is 0.0941. The first-order chi connectivity index (χ1) is 10.3. The molecule has 1 N–H and O–H groups in total. The van der Waals surface area contributed by atoms with Crippen LogP contribution < -0.4 is 0 Å². The van der Waals surface area contributed by atoms with E-state index in [2.05, 4.69) is 32.6 Å². The van der Waals surface area contributed by atoms with Gasteiger partial charge >= 0.3 is 5.97 Å². The second kappa shape index (κ2) is 4.97. The summed E-state index contributed by atoms with van der Waals surface area (Å²) in [6.07, 6.45) is 12.1. The van der Waals surface area contributed by atoms with Crippen molar-refractivity contribution in [3.63, 3.8) is 0 Å². The summed E-state index contributed by atoms with van der Waals surface area (Å²) in [5, 5.41) is 9.84. The lowest BCUT2D eigenvalue weighted by molar-refractivity contribution is -0.160. The molecule has 2 heteroatoms. The second-order valence-corrected chi connectivity index (χ2v) is 8.75. The van der Waals surface area contributed by atoms with E-state index in [9.17, 15) is 9.90 Å². The molecule has 122 valence electrons. The minimum atomic E-state index is -0.589. The summed E-state index contributed by atoms with van der Waals surface area (Å²) in [5.74, 6) is 0.338. The summed E-state index contributed by atoms with van der Waals surface area (Å²) in [7, 11) is 0. The highest BCUT2D eigenvalue weighted by Crippen LogP contribution is 2.63. The Balaban J connectivity index is 1.99. The predicted octanol–water partition coefficient (Wildman–Crippen LogP) is 5.21. The van der Waals surface area contributed by atoms with Gasteiger partial charge in [-0.25, -0.2) is 0 Å². The molecule has 0 amide bonds. The van der Waals surface area contributed by atoms with Gasteiger partial charge in [0.1, 0.15) is 0 Å². The largest absolute Gasteiger partial charge is 0.481 e. The summed E-state index contributed by atoms with van der Waals surface area (Å²) in [4.78, 5) is 11.9. The first-order valence-corrected chi connectivity index (χ1v) is 8.83. The number of allylic oxidation sites excluding steroid dienone is 3. The number of carboxylic acids is 1. The van der Waals surface area contributed by atoms with Crippen LogP contribution in [0.1, 0.15) is 65.7 Å². The zero-order valence-electron chi connectivity index (χ0n) is 14.3. The molecule has 22 heavy (non-hydrogen) atoms. The number of hydrogen-bond donors (Lipinski definition) is 1. The van der Waals surface area contributed by atoms with Gasteiger partial charge in [-0.2, -0.15) is 0 Å². The molecule has 0 saturated heterocycles. The molecule has 2 nitrogen and oxygen atoms in total. The van der Waals surface area contributed by atoms with E-state index >= 15 is 0 Å². The number of carbonyl (C=O) groups is 1. The average Bonchev–Trinajstić information content (AvgIpc) is 2.46. The monoisotopic (exact) mass is 302 g/mol. The molecule has 0 aromatic carbocycles. The topological polar surface area (TPSA) is 37.3 Å². The van der Waals surface area contributed by atoms with Gasteiger partial charge in [0, 0.05) is 0 Å². The van der Waals surface area contributed by atoms with E-state index in [1.165, 1.54) is 6.42 Å². The van der Waals surface area contributed by atoms with Crippen LogP contribution in [0.25, 0.3) is 0 Å². The molecule has 0 aromatic rings. The zero-order chi connectivity index (χ0) is 16.2. The van der Waals surface area contributed by atoms with Crippen molar-refractivity contribution in [2.24, 2.45) is 28.1 Å². The fraction of sp³-hybridized carbons (Fsp3) is 0.750. The number of rotatable bonds is 2. The fourth-order valence-electron chi connectivity index (χ4n) is 5.87. The van der Waals surface area contributed by atoms with Crippen molar-refractivity contribution in [2.45, 2.75) is 65.7 Å². The molecular formula is C20H30O2. The van der Waals surface area contributed by atoms with Crippen LogP contribution in [-0.2, 0) is 4.79 Å². The Morgan fingerprint density at radius 1 is 1.32 bits per heavy atom. The number of aliphatic carboxylic acids is 1. The van der Waals surface area contributed by atoms with Crippen LogP contribution in [0, 0.1) is 28.1 Å². The summed E-state index contributed by atoms with van der Waals surface area (Å²) in [5.41, 5.74) is 1.35. The van der Waals surface area contributed by atoms with Crippen LogP contribution >= 0.6 is 0 Å². The lowest BCUT2D eigenvalue weighted by Gasteiger charge is -2.58. The molecule has 5 atom stereocenters. The fourth-order valence-corrected chi connectivity index (χ4v) is 5.87. The molecule has 0 heterocycles. The van der Waals surface area contributed by atoms with E-state index in [0.29, 0.717) is 11.8 Å². The summed E-state index contributed by atoms with van der Waals surface area (Å²) < 4.78 is 0. The van der Waals surface area contributed by atoms with E-state index in [-0.39, 0.29) is 10.8 Å². The van der Waals surface area contributed by atoms with Gasteiger partial charge in [-0.05, 0) is 68.1 Å². The zero-order valence-corrected chi connectivity index (χ0v) is 14.3. The molecule has 2 fully saturated rings. The van der Waals surface area contributed by atoms with Gasteiger partial charge in [0.25, 0.3) is 0 Å². The molecule has 0 bridgehead atoms. The molecule has 0 spiro atoms. The smallest absolute Gasteiger partial charge is 0.309 e. The summed E-state index contributed by atoms with van der Waals surface area (Å²) in [6, 6.07) is 0. The Hall–Kier alpha value is -1.05.